The van der Waals surface area contributed by atoms with Gasteiger partial charge >= 0.3 is 6.09 Å². The van der Waals surface area contributed by atoms with E-state index >= 15 is 0 Å². The van der Waals surface area contributed by atoms with E-state index in [0.29, 0.717) is 25.9 Å². The summed E-state index contributed by atoms with van der Waals surface area (Å²) < 4.78 is 10.5. The van der Waals surface area contributed by atoms with Crippen LogP contribution in [-0.4, -0.2) is 60.4 Å². The highest BCUT2D eigenvalue weighted by atomic mass is 16.6. The van der Waals surface area contributed by atoms with Gasteiger partial charge in [-0.25, -0.2) is 4.79 Å². The molecule has 0 spiro atoms. The topological polar surface area (TPSA) is 100 Å². The summed E-state index contributed by atoms with van der Waals surface area (Å²) in [6.07, 6.45) is -0.907. The summed E-state index contributed by atoms with van der Waals surface area (Å²) in [5.41, 5.74) is 0.210. The minimum Gasteiger partial charge on any atom is -0.497 e. The number of ether oxygens (including phenoxy) is 2. The monoisotopic (exact) mass is 352 g/mol. The number of β-amino-alcohol motifs (C(OH)–C–C–N with tert-alkyl or cyclic N) is 1. The van der Waals surface area contributed by atoms with Crippen LogP contribution >= 0.6 is 0 Å². The number of nitrogens with one attached hydrogen (secondary N) is 2. The number of hydrogen-bond donors (Lipinski definition) is 4. The van der Waals surface area contributed by atoms with Crippen LogP contribution < -0.4 is 15.4 Å². The van der Waals surface area contributed by atoms with E-state index in [1.165, 1.54) is 0 Å². The van der Waals surface area contributed by atoms with Gasteiger partial charge in [0, 0.05) is 13.1 Å². The Morgan fingerprint density at radius 2 is 2.04 bits per heavy atom. The third kappa shape index (κ3) is 6.19. The quantitative estimate of drug-likeness (QED) is 0.580. The normalized spacial score (nSPS) is 23.3. The first-order valence-electron chi connectivity index (χ1n) is 8.50. The van der Waals surface area contributed by atoms with Crippen molar-refractivity contribution >= 4 is 6.09 Å². The van der Waals surface area contributed by atoms with E-state index in [4.69, 9.17) is 9.47 Å². The molecule has 0 aromatic heterocycles. The number of rotatable bonds is 7. The fourth-order valence-electron chi connectivity index (χ4n) is 2.77. The average Bonchev–Trinajstić information content (AvgIpc) is 2.87. The molecule has 4 N–H and O–H groups in total. The summed E-state index contributed by atoms with van der Waals surface area (Å²) in [7, 11) is 1.62. The summed E-state index contributed by atoms with van der Waals surface area (Å²) in [6.45, 7) is 4.04. The van der Waals surface area contributed by atoms with Crippen molar-refractivity contribution in [3.63, 3.8) is 0 Å². The average molecular weight is 352 g/mol. The predicted molar refractivity (Wildman–Crippen MR) is 93.7 cm³/mol. The molecule has 1 fully saturated rings. The van der Waals surface area contributed by atoms with Crippen LogP contribution in [0, 0.1) is 0 Å². The van der Waals surface area contributed by atoms with Crippen molar-refractivity contribution in [1.29, 1.82) is 0 Å². The molecule has 7 heteroatoms. The highest BCUT2D eigenvalue weighted by molar-refractivity contribution is 5.67. The molecule has 1 amide bonds. The number of aliphatic hydroxyl groups is 2. The van der Waals surface area contributed by atoms with Crippen LogP contribution in [0.2, 0.25) is 0 Å². The van der Waals surface area contributed by atoms with Crippen LogP contribution in [0.4, 0.5) is 4.79 Å². The molecule has 1 saturated heterocycles. The van der Waals surface area contributed by atoms with Crippen molar-refractivity contribution in [3.05, 3.63) is 29.8 Å². The molecule has 1 aliphatic rings. The molecule has 1 heterocycles. The zero-order valence-corrected chi connectivity index (χ0v) is 15.0. The molecule has 0 saturated carbocycles. The standard InChI is InChI=1S/C18H28N2O5/c1-18(2,23)8-9-19-17(22)25-16-14(20-11-15(16)21)10-12-4-6-13(24-3)7-5-12/h4-7,14-16,20-21,23H,8-11H2,1-3H3,(H,19,22)/t14-,15+,16+/m1/s1. The largest absolute Gasteiger partial charge is 0.497 e. The molecule has 0 unspecified atom stereocenters. The van der Waals surface area contributed by atoms with Crippen molar-refractivity contribution in [2.24, 2.45) is 0 Å². The van der Waals surface area contributed by atoms with E-state index in [-0.39, 0.29) is 6.04 Å². The molecule has 1 aromatic carbocycles. The first-order valence-corrected chi connectivity index (χ1v) is 8.50. The third-order valence-electron chi connectivity index (χ3n) is 4.23. The Kier molecular flexibility index (Phi) is 6.64. The number of carbonyl (C=O) groups is 1. The lowest BCUT2D eigenvalue weighted by Crippen LogP contribution is -2.42. The molecule has 3 atom stereocenters. The van der Waals surface area contributed by atoms with E-state index in [9.17, 15) is 15.0 Å². The first kappa shape index (κ1) is 19.5. The number of benzene rings is 1. The maximum Gasteiger partial charge on any atom is 0.407 e. The predicted octanol–water partition coefficient (Wildman–Crippen LogP) is 0.826. The minimum atomic E-state index is -0.849. The Labute approximate surface area is 148 Å². The van der Waals surface area contributed by atoms with Crippen molar-refractivity contribution in [3.8, 4) is 5.75 Å². The van der Waals surface area contributed by atoms with E-state index < -0.39 is 23.9 Å². The molecule has 0 aliphatic carbocycles. The van der Waals surface area contributed by atoms with Crippen LogP contribution in [0.3, 0.4) is 0 Å². The van der Waals surface area contributed by atoms with E-state index in [1.54, 1.807) is 21.0 Å². The second-order valence-corrected chi connectivity index (χ2v) is 6.99. The molecular weight excluding hydrogens is 324 g/mol. The minimum absolute atomic E-state index is 0.163. The highest BCUT2D eigenvalue weighted by Crippen LogP contribution is 2.19. The lowest BCUT2D eigenvalue weighted by atomic mass is 10.0. The Hall–Kier alpha value is -1.83. The second-order valence-electron chi connectivity index (χ2n) is 6.99. The van der Waals surface area contributed by atoms with E-state index in [2.05, 4.69) is 10.6 Å². The number of hydrogen-bond acceptors (Lipinski definition) is 6. The van der Waals surface area contributed by atoms with Crippen LogP contribution in [0.5, 0.6) is 5.75 Å². The zero-order valence-electron chi connectivity index (χ0n) is 15.0. The van der Waals surface area contributed by atoms with Gasteiger partial charge in [-0.2, -0.15) is 0 Å². The van der Waals surface area contributed by atoms with Crippen LogP contribution in [0.15, 0.2) is 24.3 Å². The number of amides is 1. The zero-order chi connectivity index (χ0) is 18.4. The fraction of sp³-hybridized carbons (Fsp3) is 0.611. The van der Waals surface area contributed by atoms with Crippen molar-refractivity contribution < 1.29 is 24.5 Å². The maximum absolute atomic E-state index is 11.9. The van der Waals surface area contributed by atoms with Crippen molar-refractivity contribution in [1.82, 2.24) is 10.6 Å². The first-order chi connectivity index (χ1) is 11.8. The Balaban J connectivity index is 1.87. The van der Waals surface area contributed by atoms with Crippen LogP contribution in [0.25, 0.3) is 0 Å². The van der Waals surface area contributed by atoms with Gasteiger partial charge < -0.3 is 30.3 Å². The second kappa shape index (κ2) is 8.51. The number of alkyl carbamates (subject to hydrolysis) is 1. The molecule has 1 aromatic rings. The van der Waals surface area contributed by atoms with Gasteiger partial charge in [-0.15, -0.1) is 0 Å². The molecule has 25 heavy (non-hydrogen) atoms. The Bertz CT molecular complexity index is 556. The van der Waals surface area contributed by atoms with Gasteiger partial charge in [-0.05, 0) is 44.4 Å². The Morgan fingerprint density at radius 3 is 2.64 bits per heavy atom. The maximum atomic E-state index is 11.9. The molecule has 2 rings (SSSR count). The van der Waals surface area contributed by atoms with Crippen molar-refractivity contribution in [2.45, 2.75) is 50.5 Å². The lowest BCUT2D eigenvalue weighted by molar-refractivity contribution is 0.0175. The SMILES string of the molecule is COc1ccc(C[C@H]2NC[C@H](O)[C@H]2OC(=O)NCCC(C)(C)O)cc1. The van der Waals surface area contributed by atoms with Crippen LogP contribution in [0.1, 0.15) is 25.8 Å². The number of aliphatic hydroxyl groups excluding tert-OH is 1. The van der Waals surface area contributed by atoms with Gasteiger partial charge in [0.1, 0.15) is 18.0 Å². The molecule has 0 radical (unpaired) electrons. The summed E-state index contributed by atoms with van der Waals surface area (Å²) in [5, 5.41) is 25.5. The molecule has 1 aliphatic heterocycles. The van der Waals surface area contributed by atoms with Crippen LogP contribution in [-0.2, 0) is 11.2 Å². The number of methoxy groups -OCH3 is 1. The fourth-order valence-corrected chi connectivity index (χ4v) is 2.77. The van der Waals surface area contributed by atoms with Gasteiger partial charge in [-0.1, -0.05) is 12.1 Å². The Morgan fingerprint density at radius 1 is 1.36 bits per heavy atom. The van der Waals surface area contributed by atoms with Gasteiger partial charge in [0.2, 0.25) is 0 Å². The van der Waals surface area contributed by atoms with Gasteiger partial charge in [0.15, 0.2) is 0 Å². The summed E-state index contributed by atoms with van der Waals surface area (Å²) in [6, 6.07) is 7.49. The summed E-state index contributed by atoms with van der Waals surface area (Å²) in [5.74, 6) is 0.780. The molecule has 7 nitrogen and oxygen atoms in total. The number of carbonyl (C=O) groups excluding carboxylic acids is 1. The molecule has 0 bridgehead atoms. The summed E-state index contributed by atoms with van der Waals surface area (Å²) in [4.78, 5) is 11.9. The highest BCUT2D eigenvalue weighted by Gasteiger charge is 2.37. The van der Waals surface area contributed by atoms with Gasteiger partial charge in [0.25, 0.3) is 0 Å². The van der Waals surface area contributed by atoms with Crippen molar-refractivity contribution in [2.75, 3.05) is 20.2 Å². The van der Waals surface area contributed by atoms with Gasteiger partial charge in [-0.3, -0.25) is 0 Å². The van der Waals surface area contributed by atoms with Gasteiger partial charge in [0.05, 0.1) is 18.8 Å². The summed E-state index contributed by atoms with van der Waals surface area (Å²) >= 11 is 0. The lowest BCUT2D eigenvalue weighted by Gasteiger charge is -2.23. The van der Waals surface area contributed by atoms with E-state index in [1.807, 2.05) is 24.3 Å². The molecule has 140 valence electrons. The molecular formula is C18H28N2O5. The third-order valence-corrected chi connectivity index (χ3v) is 4.23. The smallest absolute Gasteiger partial charge is 0.407 e. The van der Waals surface area contributed by atoms with E-state index in [0.717, 1.165) is 11.3 Å².